The van der Waals surface area contributed by atoms with Crippen LogP contribution in [0.4, 0.5) is 0 Å². The number of hydrogen-bond acceptors (Lipinski definition) is 4. The molecule has 4 nitrogen and oxygen atoms in total. The third-order valence-electron chi connectivity index (χ3n) is 4.73. The fourth-order valence-corrected chi connectivity index (χ4v) is 3.38. The topological polar surface area (TPSA) is 50.2 Å². The number of fused-ring (bicyclic) bond motifs is 2. The summed E-state index contributed by atoms with van der Waals surface area (Å²) < 4.78 is 0. The van der Waals surface area contributed by atoms with Crippen LogP contribution >= 0.6 is 0 Å². The Hall–Kier alpha value is -3.27. The SMILES string of the molecule is c1ccc2cc(C3=NNC(c4ccc5nccnc5c4)C3)ccc2c1. The molecule has 0 saturated carbocycles. The van der Waals surface area contributed by atoms with Gasteiger partial charge in [0.2, 0.25) is 0 Å². The number of aromatic nitrogens is 2. The predicted molar refractivity (Wildman–Crippen MR) is 101 cm³/mol. The van der Waals surface area contributed by atoms with E-state index in [9.17, 15) is 0 Å². The van der Waals surface area contributed by atoms with Gasteiger partial charge in [-0.15, -0.1) is 0 Å². The van der Waals surface area contributed by atoms with Crippen LogP contribution in [0.15, 0.2) is 78.2 Å². The second-order valence-electron chi connectivity index (χ2n) is 6.31. The minimum absolute atomic E-state index is 0.174. The van der Waals surface area contributed by atoms with Crippen LogP contribution in [0.25, 0.3) is 21.8 Å². The first kappa shape index (κ1) is 14.1. The summed E-state index contributed by atoms with van der Waals surface area (Å²) in [6.07, 6.45) is 4.31. The lowest BCUT2D eigenvalue weighted by atomic mass is 9.97. The normalized spacial score (nSPS) is 16.8. The summed E-state index contributed by atoms with van der Waals surface area (Å²) >= 11 is 0. The zero-order valence-corrected chi connectivity index (χ0v) is 13.6. The Kier molecular flexibility index (Phi) is 3.20. The van der Waals surface area contributed by atoms with Crippen LogP contribution in [0.1, 0.15) is 23.6 Å². The molecule has 1 aliphatic rings. The van der Waals surface area contributed by atoms with Gasteiger partial charge in [-0.2, -0.15) is 5.10 Å². The quantitative estimate of drug-likeness (QED) is 0.600. The number of nitrogens with one attached hydrogen (secondary N) is 1. The van der Waals surface area contributed by atoms with Gasteiger partial charge in [-0.25, -0.2) is 0 Å². The van der Waals surface area contributed by atoms with Crippen LogP contribution < -0.4 is 5.43 Å². The molecule has 0 spiro atoms. The van der Waals surface area contributed by atoms with Gasteiger partial charge in [0.15, 0.2) is 0 Å². The molecule has 0 radical (unpaired) electrons. The summed E-state index contributed by atoms with van der Waals surface area (Å²) in [5, 5.41) is 7.08. The van der Waals surface area contributed by atoms with Gasteiger partial charge in [0.1, 0.15) is 0 Å². The lowest BCUT2D eigenvalue weighted by Crippen LogP contribution is -2.10. The number of benzene rings is 3. The maximum absolute atomic E-state index is 4.58. The minimum Gasteiger partial charge on any atom is -0.302 e. The number of hydrazone groups is 1. The highest BCUT2D eigenvalue weighted by atomic mass is 15.3. The molecular weight excluding hydrogens is 308 g/mol. The van der Waals surface area contributed by atoms with Gasteiger partial charge in [-0.3, -0.25) is 9.97 Å². The number of hydrogen-bond donors (Lipinski definition) is 1. The standard InChI is InChI=1S/C21H16N4/c1-2-4-15-11-16(6-5-14(15)3-1)19-13-20(25-24-19)17-7-8-18-21(12-17)23-10-9-22-18/h1-12,20,25H,13H2. The van der Waals surface area contributed by atoms with Crippen molar-refractivity contribution in [1.29, 1.82) is 0 Å². The van der Waals surface area contributed by atoms with Crippen LogP contribution in [-0.2, 0) is 0 Å². The Labute approximate surface area is 145 Å². The molecule has 0 bridgehead atoms. The Morgan fingerprint density at radius 3 is 2.56 bits per heavy atom. The lowest BCUT2D eigenvalue weighted by Gasteiger charge is -2.10. The maximum atomic E-state index is 4.58. The molecule has 2 heterocycles. The Morgan fingerprint density at radius 2 is 1.64 bits per heavy atom. The molecule has 5 rings (SSSR count). The van der Waals surface area contributed by atoms with E-state index in [1.165, 1.54) is 21.9 Å². The molecule has 25 heavy (non-hydrogen) atoms. The minimum atomic E-state index is 0.174. The first-order chi connectivity index (χ1) is 12.4. The zero-order valence-electron chi connectivity index (χ0n) is 13.6. The molecule has 1 aromatic heterocycles. The van der Waals surface area contributed by atoms with Gasteiger partial charge >= 0.3 is 0 Å². The monoisotopic (exact) mass is 324 g/mol. The van der Waals surface area contributed by atoms with E-state index in [4.69, 9.17) is 0 Å². The highest BCUT2D eigenvalue weighted by Crippen LogP contribution is 2.27. The summed E-state index contributed by atoms with van der Waals surface area (Å²) in [5.41, 5.74) is 8.56. The smallest absolute Gasteiger partial charge is 0.0890 e. The lowest BCUT2D eigenvalue weighted by molar-refractivity contribution is 0.620. The van der Waals surface area contributed by atoms with Crippen LogP contribution in [0.3, 0.4) is 0 Å². The predicted octanol–water partition coefficient (Wildman–Crippen LogP) is 4.22. The maximum Gasteiger partial charge on any atom is 0.0890 e. The van der Waals surface area contributed by atoms with Gasteiger partial charge in [0.05, 0.1) is 22.8 Å². The highest BCUT2D eigenvalue weighted by molar-refractivity contribution is 6.04. The molecule has 0 saturated heterocycles. The molecule has 0 fully saturated rings. The summed E-state index contributed by atoms with van der Waals surface area (Å²) in [6, 6.07) is 21.3. The molecular formula is C21H16N4. The van der Waals surface area contributed by atoms with Crippen molar-refractivity contribution >= 4 is 27.5 Å². The first-order valence-electron chi connectivity index (χ1n) is 8.39. The Bertz CT molecular complexity index is 1120. The van der Waals surface area contributed by atoms with Crippen molar-refractivity contribution in [3.05, 3.63) is 84.2 Å². The van der Waals surface area contributed by atoms with E-state index in [-0.39, 0.29) is 6.04 Å². The molecule has 4 aromatic rings. The highest BCUT2D eigenvalue weighted by Gasteiger charge is 2.21. The third-order valence-corrected chi connectivity index (χ3v) is 4.73. The molecule has 3 aromatic carbocycles. The van der Waals surface area contributed by atoms with Crippen LogP contribution in [-0.4, -0.2) is 15.7 Å². The Balaban J connectivity index is 1.44. The Morgan fingerprint density at radius 1 is 0.800 bits per heavy atom. The van der Waals surface area contributed by atoms with Gasteiger partial charge in [0.25, 0.3) is 0 Å². The largest absolute Gasteiger partial charge is 0.302 e. The average molecular weight is 324 g/mol. The molecule has 1 atom stereocenters. The molecule has 1 aliphatic heterocycles. The second-order valence-corrected chi connectivity index (χ2v) is 6.31. The second kappa shape index (κ2) is 5.67. The molecule has 0 aliphatic carbocycles. The van der Waals surface area contributed by atoms with Crippen LogP contribution in [0.2, 0.25) is 0 Å². The van der Waals surface area contributed by atoms with Gasteiger partial charge in [-0.05, 0) is 40.1 Å². The molecule has 120 valence electrons. The van der Waals surface area contributed by atoms with Crippen LogP contribution in [0, 0.1) is 0 Å². The van der Waals surface area contributed by atoms with Crippen molar-refractivity contribution < 1.29 is 0 Å². The van der Waals surface area contributed by atoms with Gasteiger partial charge in [-0.1, -0.05) is 42.5 Å². The van der Waals surface area contributed by atoms with Crippen molar-refractivity contribution in [2.45, 2.75) is 12.5 Å². The average Bonchev–Trinajstić information content (AvgIpc) is 3.17. The summed E-state index contributed by atoms with van der Waals surface area (Å²) in [7, 11) is 0. The molecule has 1 unspecified atom stereocenters. The van der Waals surface area contributed by atoms with E-state index in [0.29, 0.717) is 0 Å². The molecule has 1 N–H and O–H groups in total. The van der Waals surface area contributed by atoms with Crippen molar-refractivity contribution in [3.8, 4) is 0 Å². The van der Waals surface area contributed by atoms with Gasteiger partial charge < -0.3 is 5.43 Å². The third kappa shape index (κ3) is 2.52. The number of nitrogens with zero attached hydrogens (tertiary/aromatic N) is 3. The first-order valence-corrected chi connectivity index (χ1v) is 8.39. The molecule has 4 heteroatoms. The van der Waals surface area contributed by atoms with Crippen molar-refractivity contribution in [2.24, 2.45) is 5.10 Å². The zero-order chi connectivity index (χ0) is 16.6. The van der Waals surface area contributed by atoms with Crippen LogP contribution in [0.5, 0.6) is 0 Å². The summed E-state index contributed by atoms with van der Waals surface area (Å²) in [6.45, 7) is 0. The van der Waals surface area contributed by atoms with E-state index < -0.39 is 0 Å². The van der Waals surface area contributed by atoms with Crippen molar-refractivity contribution in [3.63, 3.8) is 0 Å². The van der Waals surface area contributed by atoms with E-state index in [2.05, 4.69) is 75.1 Å². The van der Waals surface area contributed by atoms with Gasteiger partial charge in [0, 0.05) is 18.8 Å². The van der Waals surface area contributed by atoms with Crippen molar-refractivity contribution in [2.75, 3.05) is 0 Å². The van der Waals surface area contributed by atoms with E-state index in [1.807, 2.05) is 6.07 Å². The van der Waals surface area contributed by atoms with E-state index in [0.717, 1.165) is 23.2 Å². The molecule has 0 amide bonds. The summed E-state index contributed by atoms with van der Waals surface area (Å²) in [4.78, 5) is 8.73. The van der Waals surface area contributed by atoms with Crippen molar-refractivity contribution in [1.82, 2.24) is 15.4 Å². The van der Waals surface area contributed by atoms with E-state index in [1.54, 1.807) is 12.4 Å². The fraction of sp³-hybridized carbons (Fsp3) is 0.0952. The van der Waals surface area contributed by atoms with E-state index >= 15 is 0 Å². The summed E-state index contributed by atoms with van der Waals surface area (Å²) in [5.74, 6) is 0. The fourth-order valence-electron chi connectivity index (χ4n) is 3.38. The number of rotatable bonds is 2.